The van der Waals surface area contributed by atoms with Crippen LogP contribution < -0.4 is 0 Å². The molecule has 0 atom stereocenters. The highest BCUT2D eigenvalue weighted by Gasteiger charge is 2.25. The lowest BCUT2D eigenvalue weighted by Crippen LogP contribution is -2.00. The van der Waals surface area contributed by atoms with Gasteiger partial charge < -0.3 is 8.98 Å². The summed E-state index contributed by atoms with van der Waals surface area (Å²) in [5, 5.41) is 7.10. The summed E-state index contributed by atoms with van der Waals surface area (Å²) in [5.74, 6) is 1.86. The van der Waals surface area contributed by atoms with Crippen molar-refractivity contribution in [3.8, 4) is 62.1 Å². The van der Waals surface area contributed by atoms with Gasteiger partial charge in [-0.05, 0) is 63.4 Å². The van der Waals surface area contributed by atoms with Crippen LogP contribution in [0.15, 0.2) is 174 Å². The zero-order chi connectivity index (χ0) is 35.3. The van der Waals surface area contributed by atoms with Crippen molar-refractivity contribution in [2.45, 2.75) is 0 Å². The van der Waals surface area contributed by atoms with E-state index in [1.807, 2.05) is 72.8 Å². The highest BCUT2D eigenvalue weighted by atomic mass is 16.3. The van der Waals surface area contributed by atoms with Crippen molar-refractivity contribution in [1.29, 1.82) is 0 Å². The van der Waals surface area contributed by atoms with Gasteiger partial charge in [-0.2, -0.15) is 0 Å². The van der Waals surface area contributed by atoms with Gasteiger partial charge in [0.2, 0.25) is 0 Å². The number of nitrogens with zero attached hydrogens (tertiary/aromatic N) is 4. The van der Waals surface area contributed by atoms with Gasteiger partial charge in [-0.15, -0.1) is 0 Å². The van der Waals surface area contributed by atoms with Crippen LogP contribution in [0, 0.1) is 0 Å². The summed E-state index contributed by atoms with van der Waals surface area (Å²) < 4.78 is 9.09. The standard InChI is InChI=1S/C49H28N4O/c1-3-12-30(13-4-1)47-50-48(31-14-5-2-6-15-31)52-49(51-47)38-21-11-23-41-44(38)37-26-25-32(28-42(37)54-41)53-39-22-10-20-36-34-18-8-7-17-33(34)35-19-9-16-29-24-27-40(53)46(43(29)35)45(36)39/h1-28H. The third-order valence-corrected chi connectivity index (χ3v) is 11.0. The Balaban J connectivity index is 1.09. The minimum Gasteiger partial charge on any atom is -0.456 e. The summed E-state index contributed by atoms with van der Waals surface area (Å²) in [6.45, 7) is 0. The van der Waals surface area contributed by atoms with Crippen LogP contribution in [-0.2, 0) is 0 Å². The van der Waals surface area contributed by atoms with E-state index in [9.17, 15) is 0 Å². The van der Waals surface area contributed by atoms with Gasteiger partial charge in [0.05, 0.1) is 11.0 Å². The molecule has 5 heteroatoms. The number of rotatable bonds is 4. The van der Waals surface area contributed by atoms with E-state index in [1.54, 1.807) is 0 Å². The molecule has 0 unspecified atom stereocenters. The minimum absolute atomic E-state index is 0.604. The normalized spacial score (nSPS) is 12.1. The van der Waals surface area contributed by atoms with Crippen molar-refractivity contribution in [2.75, 3.05) is 0 Å². The molecule has 0 saturated carbocycles. The van der Waals surface area contributed by atoms with Crippen molar-refractivity contribution in [1.82, 2.24) is 19.5 Å². The molecule has 12 rings (SSSR count). The number of fused-ring (bicyclic) bond motifs is 6. The monoisotopic (exact) mass is 688 g/mol. The molecule has 3 heterocycles. The molecule has 0 aliphatic heterocycles. The molecule has 54 heavy (non-hydrogen) atoms. The molecule has 0 saturated heterocycles. The molecule has 0 bridgehead atoms. The van der Waals surface area contributed by atoms with E-state index in [1.165, 1.54) is 54.8 Å². The van der Waals surface area contributed by atoms with Crippen molar-refractivity contribution < 1.29 is 4.42 Å². The second kappa shape index (κ2) is 11.1. The number of hydrogen-bond donors (Lipinski definition) is 0. The minimum atomic E-state index is 0.604. The van der Waals surface area contributed by atoms with Crippen LogP contribution in [0.1, 0.15) is 0 Å². The maximum atomic E-state index is 6.69. The zero-order valence-corrected chi connectivity index (χ0v) is 28.9. The Morgan fingerprint density at radius 2 is 0.963 bits per heavy atom. The maximum Gasteiger partial charge on any atom is 0.164 e. The number of benzene rings is 8. The Morgan fingerprint density at radius 3 is 1.70 bits per heavy atom. The molecule has 0 fully saturated rings. The summed E-state index contributed by atoms with van der Waals surface area (Å²) in [5.41, 5.74) is 12.8. The van der Waals surface area contributed by atoms with Crippen LogP contribution >= 0.6 is 0 Å². The fraction of sp³-hybridized carbons (Fsp3) is 0. The van der Waals surface area contributed by atoms with Crippen LogP contribution in [-0.4, -0.2) is 19.5 Å². The van der Waals surface area contributed by atoms with E-state index in [-0.39, 0.29) is 0 Å². The fourth-order valence-corrected chi connectivity index (χ4v) is 8.68. The first-order valence-corrected chi connectivity index (χ1v) is 18.2. The molecular weight excluding hydrogens is 661 g/mol. The van der Waals surface area contributed by atoms with Crippen LogP contribution in [0.3, 0.4) is 0 Å². The molecule has 8 aromatic carbocycles. The maximum absolute atomic E-state index is 6.69. The molecule has 11 aromatic rings. The van der Waals surface area contributed by atoms with E-state index in [2.05, 4.69) is 102 Å². The summed E-state index contributed by atoms with van der Waals surface area (Å²) in [4.78, 5) is 15.0. The zero-order valence-electron chi connectivity index (χ0n) is 28.9. The van der Waals surface area contributed by atoms with E-state index >= 15 is 0 Å². The van der Waals surface area contributed by atoms with Gasteiger partial charge in [0.1, 0.15) is 11.2 Å². The molecule has 250 valence electrons. The van der Waals surface area contributed by atoms with Crippen molar-refractivity contribution >= 4 is 54.5 Å². The summed E-state index contributed by atoms with van der Waals surface area (Å²) in [6, 6.07) is 59.6. The van der Waals surface area contributed by atoms with E-state index in [4.69, 9.17) is 19.4 Å². The lowest BCUT2D eigenvalue weighted by molar-refractivity contribution is 0.668. The predicted molar refractivity (Wildman–Crippen MR) is 220 cm³/mol. The Hall–Kier alpha value is -7.37. The molecule has 3 aromatic heterocycles. The topological polar surface area (TPSA) is 56.7 Å². The van der Waals surface area contributed by atoms with Crippen molar-refractivity contribution in [2.24, 2.45) is 0 Å². The molecule has 0 spiro atoms. The smallest absolute Gasteiger partial charge is 0.164 e. The van der Waals surface area contributed by atoms with Gasteiger partial charge in [-0.3, -0.25) is 0 Å². The average molecular weight is 689 g/mol. The van der Waals surface area contributed by atoms with Crippen molar-refractivity contribution in [3.05, 3.63) is 170 Å². The number of aromatic nitrogens is 4. The first kappa shape index (κ1) is 29.2. The summed E-state index contributed by atoms with van der Waals surface area (Å²) >= 11 is 0. The molecule has 1 aliphatic rings. The largest absolute Gasteiger partial charge is 0.456 e. The Labute approximate surface area is 309 Å². The van der Waals surface area contributed by atoms with Crippen LogP contribution in [0.4, 0.5) is 0 Å². The second-order valence-electron chi connectivity index (χ2n) is 13.9. The third-order valence-electron chi connectivity index (χ3n) is 11.0. The summed E-state index contributed by atoms with van der Waals surface area (Å²) in [7, 11) is 0. The highest BCUT2D eigenvalue weighted by Crippen LogP contribution is 2.49. The van der Waals surface area contributed by atoms with Crippen LogP contribution in [0.25, 0.3) is 117 Å². The van der Waals surface area contributed by atoms with E-state index < -0.39 is 0 Å². The second-order valence-corrected chi connectivity index (χ2v) is 13.9. The highest BCUT2D eigenvalue weighted by molar-refractivity contribution is 6.30. The Morgan fingerprint density at radius 1 is 0.370 bits per heavy atom. The van der Waals surface area contributed by atoms with Gasteiger partial charge in [-0.1, -0.05) is 133 Å². The third kappa shape index (κ3) is 4.12. The van der Waals surface area contributed by atoms with Gasteiger partial charge in [0.15, 0.2) is 17.5 Å². The number of furan rings is 1. The predicted octanol–water partition coefficient (Wildman–Crippen LogP) is 12.7. The lowest BCUT2D eigenvalue weighted by Gasteiger charge is -2.13. The fourth-order valence-electron chi connectivity index (χ4n) is 8.68. The Bertz CT molecular complexity index is 3270. The van der Waals surface area contributed by atoms with E-state index in [0.717, 1.165) is 44.3 Å². The molecule has 0 N–H and O–H groups in total. The van der Waals surface area contributed by atoms with E-state index in [0.29, 0.717) is 17.5 Å². The van der Waals surface area contributed by atoms with Crippen molar-refractivity contribution in [3.63, 3.8) is 0 Å². The first-order chi connectivity index (χ1) is 26.8. The van der Waals surface area contributed by atoms with Crippen LogP contribution in [0.5, 0.6) is 0 Å². The number of hydrogen-bond acceptors (Lipinski definition) is 4. The summed E-state index contributed by atoms with van der Waals surface area (Å²) in [6.07, 6.45) is 0. The van der Waals surface area contributed by atoms with Gasteiger partial charge in [0, 0.05) is 50.0 Å². The molecule has 0 radical (unpaired) electrons. The lowest BCUT2D eigenvalue weighted by atomic mass is 9.93. The van der Waals surface area contributed by atoms with Gasteiger partial charge >= 0.3 is 0 Å². The molecule has 5 nitrogen and oxygen atoms in total. The first-order valence-electron chi connectivity index (χ1n) is 18.2. The quantitative estimate of drug-likeness (QED) is 0.185. The molecule has 0 amide bonds. The molecule has 1 aliphatic carbocycles. The van der Waals surface area contributed by atoms with Crippen LogP contribution in [0.2, 0.25) is 0 Å². The SMILES string of the molecule is c1ccc(-c2nc(-c3ccccc3)nc(-c3cccc4oc5cc(-n6c7cccc8c7c7c9c(cccc9ccc76)-c6ccccc6-8)ccc5c34)n2)cc1. The average Bonchev–Trinajstić information content (AvgIpc) is 3.75. The van der Waals surface area contributed by atoms with Gasteiger partial charge in [0.25, 0.3) is 0 Å². The molecular formula is C49H28N4O. The van der Waals surface area contributed by atoms with Gasteiger partial charge in [-0.25, -0.2) is 15.0 Å². The Kier molecular flexibility index (Phi) is 5.99.